The quantitative estimate of drug-likeness (QED) is 0.639. The summed E-state index contributed by atoms with van der Waals surface area (Å²) >= 11 is 0. The molecular weight excluding hydrogens is 278 g/mol. The van der Waals surface area contributed by atoms with Crippen molar-refractivity contribution in [2.24, 2.45) is 0 Å². The Hall–Kier alpha value is -2.31. The molecule has 3 nitrogen and oxygen atoms in total. The zero-order valence-corrected chi connectivity index (χ0v) is 10.3. The highest BCUT2D eigenvalue weighted by Crippen LogP contribution is 2.25. The van der Waals surface area contributed by atoms with Crippen LogP contribution in [0.3, 0.4) is 0 Å². The lowest BCUT2D eigenvalue weighted by Crippen LogP contribution is -2.06. The first-order chi connectivity index (χ1) is 9.52. The van der Waals surface area contributed by atoms with Crippen LogP contribution >= 0.6 is 0 Å². The SMILES string of the molecule is COc1cccc(COc2c(F)c(F)nc(F)c2F)c1. The van der Waals surface area contributed by atoms with E-state index in [9.17, 15) is 17.6 Å². The molecule has 0 amide bonds. The second-order valence-electron chi connectivity index (χ2n) is 3.79. The Morgan fingerprint density at radius 1 is 1.05 bits per heavy atom. The summed E-state index contributed by atoms with van der Waals surface area (Å²) < 4.78 is 62.1. The van der Waals surface area contributed by atoms with Crippen LogP contribution in [-0.4, -0.2) is 12.1 Å². The normalized spacial score (nSPS) is 10.4. The van der Waals surface area contributed by atoms with Gasteiger partial charge in [-0.25, -0.2) is 0 Å². The number of hydrogen-bond donors (Lipinski definition) is 0. The fourth-order valence-corrected chi connectivity index (χ4v) is 1.51. The number of methoxy groups -OCH3 is 1. The van der Waals surface area contributed by atoms with Gasteiger partial charge in [0.25, 0.3) is 11.9 Å². The van der Waals surface area contributed by atoms with E-state index in [1.54, 1.807) is 24.3 Å². The molecule has 0 fully saturated rings. The molecule has 1 heterocycles. The zero-order chi connectivity index (χ0) is 14.7. The van der Waals surface area contributed by atoms with E-state index in [-0.39, 0.29) is 6.61 Å². The van der Waals surface area contributed by atoms with Crippen LogP contribution in [-0.2, 0) is 6.61 Å². The highest BCUT2D eigenvalue weighted by Gasteiger charge is 2.22. The maximum absolute atomic E-state index is 13.3. The van der Waals surface area contributed by atoms with Crippen LogP contribution in [0.15, 0.2) is 24.3 Å². The highest BCUT2D eigenvalue weighted by atomic mass is 19.2. The Labute approximate surface area is 111 Å². The number of hydrogen-bond acceptors (Lipinski definition) is 3. The van der Waals surface area contributed by atoms with Gasteiger partial charge in [0.05, 0.1) is 7.11 Å². The molecule has 0 atom stereocenters. The fraction of sp³-hybridized carbons (Fsp3) is 0.154. The summed E-state index contributed by atoms with van der Waals surface area (Å²) in [5.74, 6) is -7.50. The Kier molecular flexibility index (Phi) is 4.07. The van der Waals surface area contributed by atoms with Crippen LogP contribution in [0.5, 0.6) is 11.5 Å². The predicted molar refractivity (Wildman–Crippen MR) is 61.4 cm³/mol. The molecule has 0 saturated carbocycles. The van der Waals surface area contributed by atoms with Crippen LogP contribution < -0.4 is 9.47 Å². The third-order valence-corrected chi connectivity index (χ3v) is 2.47. The molecular formula is C13H9F4NO2. The molecule has 0 aliphatic heterocycles. The molecule has 106 valence electrons. The van der Waals surface area contributed by atoms with Crippen molar-refractivity contribution in [3.8, 4) is 11.5 Å². The van der Waals surface area contributed by atoms with Crippen molar-refractivity contribution in [1.29, 1.82) is 0 Å². The highest BCUT2D eigenvalue weighted by molar-refractivity contribution is 5.29. The second kappa shape index (κ2) is 5.77. The van der Waals surface area contributed by atoms with Gasteiger partial charge in [0.2, 0.25) is 17.4 Å². The minimum absolute atomic E-state index is 0.284. The molecule has 2 aromatic rings. The standard InChI is InChI=1S/C13H9F4NO2/c1-19-8-4-2-3-7(5-8)6-20-11-9(14)12(16)18-13(17)10(11)15/h2-5H,6H2,1H3. The third-order valence-electron chi connectivity index (χ3n) is 2.47. The minimum Gasteiger partial charge on any atom is -0.497 e. The number of halogens is 4. The smallest absolute Gasteiger partial charge is 0.255 e. The molecule has 0 aliphatic rings. The lowest BCUT2D eigenvalue weighted by Gasteiger charge is -2.09. The lowest BCUT2D eigenvalue weighted by molar-refractivity contribution is 0.254. The summed E-state index contributed by atoms with van der Waals surface area (Å²) in [6.45, 7) is -0.284. The molecule has 0 N–H and O–H groups in total. The van der Waals surface area contributed by atoms with Gasteiger partial charge in [-0.05, 0) is 17.7 Å². The second-order valence-corrected chi connectivity index (χ2v) is 3.79. The van der Waals surface area contributed by atoms with E-state index in [0.717, 1.165) is 0 Å². The summed E-state index contributed by atoms with van der Waals surface area (Å²) in [7, 11) is 1.45. The molecule has 0 saturated heterocycles. The first kappa shape index (κ1) is 14.1. The molecule has 0 radical (unpaired) electrons. The largest absolute Gasteiger partial charge is 0.497 e. The van der Waals surface area contributed by atoms with Crippen molar-refractivity contribution in [2.45, 2.75) is 6.61 Å². The van der Waals surface area contributed by atoms with E-state index in [1.807, 2.05) is 0 Å². The maximum Gasteiger partial charge on any atom is 0.255 e. The lowest BCUT2D eigenvalue weighted by atomic mass is 10.2. The Morgan fingerprint density at radius 2 is 1.70 bits per heavy atom. The first-order valence-corrected chi connectivity index (χ1v) is 5.48. The van der Waals surface area contributed by atoms with Gasteiger partial charge < -0.3 is 9.47 Å². The molecule has 0 aliphatic carbocycles. The van der Waals surface area contributed by atoms with Crippen molar-refractivity contribution < 1.29 is 27.0 Å². The number of rotatable bonds is 4. The van der Waals surface area contributed by atoms with E-state index >= 15 is 0 Å². The average Bonchev–Trinajstić information content (AvgIpc) is 2.45. The van der Waals surface area contributed by atoms with Crippen molar-refractivity contribution in [3.05, 3.63) is 53.4 Å². The first-order valence-electron chi connectivity index (χ1n) is 5.48. The molecule has 1 aromatic carbocycles. The third kappa shape index (κ3) is 2.81. The van der Waals surface area contributed by atoms with Gasteiger partial charge in [-0.2, -0.15) is 22.5 Å². The van der Waals surface area contributed by atoms with E-state index in [4.69, 9.17) is 9.47 Å². The van der Waals surface area contributed by atoms with E-state index in [2.05, 4.69) is 4.98 Å². The van der Waals surface area contributed by atoms with Crippen molar-refractivity contribution in [3.63, 3.8) is 0 Å². The molecule has 0 spiro atoms. The number of nitrogens with zero attached hydrogens (tertiary/aromatic N) is 1. The molecule has 0 unspecified atom stereocenters. The summed E-state index contributed by atoms with van der Waals surface area (Å²) in [5.41, 5.74) is 0.515. The molecule has 2 rings (SSSR count). The Bertz CT molecular complexity index is 608. The van der Waals surface area contributed by atoms with Gasteiger partial charge in [-0.15, -0.1) is 0 Å². The van der Waals surface area contributed by atoms with Crippen LogP contribution in [0, 0.1) is 23.5 Å². The number of benzene rings is 1. The van der Waals surface area contributed by atoms with Gasteiger partial charge in [-0.1, -0.05) is 12.1 Å². The Balaban J connectivity index is 2.22. The maximum atomic E-state index is 13.3. The van der Waals surface area contributed by atoms with Gasteiger partial charge >= 0.3 is 0 Å². The van der Waals surface area contributed by atoms with E-state index < -0.39 is 29.3 Å². The van der Waals surface area contributed by atoms with Gasteiger partial charge in [-0.3, -0.25) is 0 Å². The fourth-order valence-electron chi connectivity index (χ4n) is 1.51. The predicted octanol–water partition coefficient (Wildman–Crippen LogP) is 3.23. The molecule has 0 bridgehead atoms. The zero-order valence-electron chi connectivity index (χ0n) is 10.3. The van der Waals surface area contributed by atoms with Gasteiger partial charge in [0, 0.05) is 0 Å². The van der Waals surface area contributed by atoms with E-state index in [0.29, 0.717) is 11.3 Å². The van der Waals surface area contributed by atoms with Gasteiger partial charge in [0.15, 0.2) is 0 Å². The molecule has 20 heavy (non-hydrogen) atoms. The van der Waals surface area contributed by atoms with Gasteiger partial charge in [0.1, 0.15) is 12.4 Å². The summed E-state index contributed by atoms with van der Waals surface area (Å²) in [6.07, 6.45) is 0. The average molecular weight is 287 g/mol. The van der Waals surface area contributed by atoms with Crippen LogP contribution in [0.1, 0.15) is 5.56 Å². The van der Waals surface area contributed by atoms with Crippen molar-refractivity contribution in [2.75, 3.05) is 7.11 Å². The summed E-state index contributed by atoms with van der Waals surface area (Å²) in [5, 5.41) is 0. The van der Waals surface area contributed by atoms with Crippen molar-refractivity contribution >= 4 is 0 Å². The van der Waals surface area contributed by atoms with Crippen LogP contribution in [0.4, 0.5) is 17.6 Å². The summed E-state index contributed by atoms with van der Waals surface area (Å²) in [6, 6.07) is 6.46. The number of ether oxygens (including phenoxy) is 2. The number of aromatic nitrogens is 1. The van der Waals surface area contributed by atoms with E-state index in [1.165, 1.54) is 7.11 Å². The monoisotopic (exact) mass is 287 g/mol. The molecule has 7 heteroatoms. The topological polar surface area (TPSA) is 31.4 Å². The minimum atomic E-state index is -1.76. The Morgan fingerprint density at radius 3 is 2.30 bits per heavy atom. The number of pyridine rings is 1. The van der Waals surface area contributed by atoms with Crippen molar-refractivity contribution in [1.82, 2.24) is 4.98 Å². The van der Waals surface area contributed by atoms with Crippen LogP contribution in [0.25, 0.3) is 0 Å². The molecule has 1 aromatic heterocycles. The van der Waals surface area contributed by atoms with Crippen LogP contribution in [0.2, 0.25) is 0 Å². The summed E-state index contributed by atoms with van der Waals surface area (Å²) in [4.78, 5) is 2.43.